The molecule has 1 saturated carbocycles. The molecule has 6 heteroatoms. The summed E-state index contributed by atoms with van der Waals surface area (Å²) >= 11 is 0. The van der Waals surface area contributed by atoms with Gasteiger partial charge in [-0.05, 0) is 36.6 Å². The van der Waals surface area contributed by atoms with Gasteiger partial charge in [0.15, 0.2) is 5.82 Å². The summed E-state index contributed by atoms with van der Waals surface area (Å²) in [6.07, 6.45) is 2.50. The molecule has 2 N–H and O–H groups in total. The smallest absolute Gasteiger partial charge is 0.225 e. The van der Waals surface area contributed by atoms with E-state index in [9.17, 15) is 9.18 Å². The first-order chi connectivity index (χ1) is 9.70. The van der Waals surface area contributed by atoms with Crippen molar-refractivity contribution >= 4 is 11.6 Å². The number of nitrogens with zero attached hydrogens (tertiary/aromatic N) is 2. The number of rotatable bonds is 2. The van der Waals surface area contributed by atoms with E-state index in [-0.39, 0.29) is 24.1 Å². The Morgan fingerprint density at radius 2 is 2.15 bits per heavy atom. The highest BCUT2D eigenvalue weighted by molar-refractivity contribution is 5.95. The maximum atomic E-state index is 13.5. The predicted molar refractivity (Wildman–Crippen MR) is 69.8 cm³/mol. The highest BCUT2D eigenvalue weighted by Gasteiger charge is 2.32. The minimum atomic E-state index is -0.313. The minimum Gasteiger partial charge on any atom is -0.326 e. The monoisotopic (exact) mass is 272 g/mol. The molecule has 1 atom stereocenters. The molecule has 2 heterocycles. The fourth-order valence-corrected chi connectivity index (χ4v) is 2.64. The summed E-state index contributed by atoms with van der Waals surface area (Å²) in [7, 11) is 0. The molecule has 1 amide bonds. The van der Waals surface area contributed by atoms with E-state index in [0.29, 0.717) is 17.4 Å². The van der Waals surface area contributed by atoms with Crippen LogP contribution in [0.5, 0.6) is 0 Å². The van der Waals surface area contributed by atoms with Gasteiger partial charge in [-0.2, -0.15) is 5.10 Å². The van der Waals surface area contributed by atoms with Crippen LogP contribution >= 0.6 is 0 Å². The largest absolute Gasteiger partial charge is 0.326 e. The Balaban J connectivity index is 1.76. The van der Waals surface area contributed by atoms with Crippen molar-refractivity contribution in [1.29, 1.82) is 0 Å². The first-order valence-corrected chi connectivity index (χ1v) is 6.72. The molecule has 1 aliphatic heterocycles. The lowest BCUT2D eigenvalue weighted by atomic mass is 9.90. The Bertz CT molecular complexity index is 692. The molecule has 2 aromatic rings. The average Bonchev–Trinajstić information content (AvgIpc) is 3.16. The molecule has 1 fully saturated rings. The van der Waals surface area contributed by atoms with Crippen LogP contribution in [0.25, 0.3) is 0 Å². The topological polar surface area (TPSA) is 70.7 Å². The van der Waals surface area contributed by atoms with Crippen LogP contribution in [0.15, 0.2) is 18.2 Å². The number of anilines is 1. The van der Waals surface area contributed by atoms with Crippen LogP contribution in [0.3, 0.4) is 0 Å². The van der Waals surface area contributed by atoms with Gasteiger partial charge in [-0.15, -0.1) is 0 Å². The summed E-state index contributed by atoms with van der Waals surface area (Å²) in [5, 5.41) is 9.89. The third-order valence-electron chi connectivity index (χ3n) is 3.85. The molecule has 1 aromatic carbocycles. The number of hydrogen-bond acceptors (Lipinski definition) is 3. The summed E-state index contributed by atoms with van der Waals surface area (Å²) in [6.45, 7) is 0. The normalized spacial score (nSPS) is 21.4. The van der Waals surface area contributed by atoms with Gasteiger partial charge in [0.2, 0.25) is 5.91 Å². The second-order valence-electron chi connectivity index (χ2n) is 5.39. The zero-order valence-corrected chi connectivity index (χ0v) is 10.7. The lowest BCUT2D eigenvalue weighted by Crippen LogP contribution is -2.24. The molecule has 5 nitrogen and oxygen atoms in total. The molecule has 0 saturated heterocycles. The van der Waals surface area contributed by atoms with Gasteiger partial charge >= 0.3 is 0 Å². The number of H-pyrrole nitrogens is 1. The molecule has 0 unspecified atom stereocenters. The van der Waals surface area contributed by atoms with Crippen LogP contribution in [0, 0.1) is 5.82 Å². The SMILES string of the molecule is O=C1C[C@@H](c2nc(C3CC3)n[nH]2)c2cc(F)ccc2N1. The summed E-state index contributed by atoms with van der Waals surface area (Å²) in [5.74, 6) is 1.25. The number of hydrogen-bond donors (Lipinski definition) is 2. The number of aromatic nitrogens is 3. The third kappa shape index (κ3) is 1.88. The number of halogens is 1. The molecule has 1 aliphatic carbocycles. The zero-order chi connectivity index (χ0) is 13.7. The highest BCUT2D eigenvalue weighted by Crippen LogP contribution is 2.40. The second-order valence-corrected chi connectivity index (χ2v) is 5.39. The minimum absolute atomic E-state index is 0.0847. The van der Waals surface area contributed by atoms with E-state index in [1.54, 1.807) is 6.07 Å². The average molecular weight is 272 g/mol. The first-order valence-electron chi connectivity index (χ1n) is 6.72. The summed E-state index contributed by atoms with van der Waals surface area (Å²) in [5.41, 5.74) is 1.40. The Labute approximate surface area is 114 Å². The van der Waals surface area contributed by atoms with Crippen LogP contribution in [-0.4, -0.2) is 21.1 Å². The summed E-state index contributed by atoms with van der Waals surface area (Å²) in [6, 6.07) is 4.39. The van der Waals surface area contributed by atoms with Gasteiger partial charge in [0.1, 0.15) is 11.6 Å². The number of amides is 1. The number of aromatic amines is 1. The molecule has 0 radical (unpaired) electrons. The number of nitrogens with one attached hydrogen (secondary N) is 2. The van der Waals surface area contributed by atoms with E-state index in [0.717, 1.165) is 24.2 Å². The van der Waals surface area contributed by atoms with Gasteiger partial charge in [-0.25, -0.2) is 9.37 Å². The molecule has 0 spiro atoms. The number of benzene rings is 1. The van der Waals surface area contributed by atoms with Gasteiger partial charge < -0.3 is 5.32 Å². The Morgan fingerprint density at radius 3 is 2.95 bits per heavy atom. The maximum Gasteiger partial charge on any atom is 0.225 e. The summed E-state index contributed by atoms with van der Waals surface area (Å²) in [4.78, 5) is 16.3. The zero-order valence-electron chi connectivity index (χ0n) is 10.7. The first kappa shape index (κ1) is 11.6. The van der Waals surface area contributed by atoms with Gasteiger partial charge in [0.25, 0.3) is 0 Å². The van der Waals surface area contributed by atoms with Gasteiger partial charge in [0.05, 0.1) is 5.92 Å². The highest BCUT2D eigenvalue weighted by atomic mass is 19.1. The van der Waals surface area contributed by atoms with Gasteiger partial charge in [-0.1, -0.05) is 0 Å². The van der Waals surface area contributed by atoms with Crippen LogP contribution in [0.4, 0.5) is 10.1 Å². The van der Waals surface area contributed by atoms with E-state index in [2.05, 4.69) is 20.5 Å². The Kier molecular flexibility index (Phi) is 2.39. The van der Waals surface area contributed by atoms with E-state index >= 15 is 0 Å². The molecule has 102 valence electrons. The Hall–Kier alpha value is -2.24. The fourth-order valence-electron chi connectivity index (χ4n) is 2.64. The number of carbonyl (C=O) groups is 1. The maximum absolute atomic E-state index is 13.5. The number of carbonyl (C=O) groups excluding carboxylic acids is 1. The van der Waals surface area contributed by atoms with Crippen molar-refractivity contribution in [2.45, 2.75) is 31.1 Å². The van der Waals surface area contributed by atoms with Crippen molar-refractivity contribution in [3.63, 3.8) is 0 Å². The quantitative estimate of drug-likeness (QED) is 0.881. The lowest BCUT2D eigenvalue weighted by molar-refractivity contribution is -0.116. The van der Waals surface area contributed by atoms with E-state index in [1.165, 1.54) is 12.1 Å². The van der Waals surface area contributed by atoms with E-state index in [4.69, 9.17) is 0 Å². The molecular weight excluding hydrogens is 259 g/mol. The lowest BCUT2D eigenvalue weighted by Gasteiger charge is -2.23. The molecule has 2 aliphatic rings. The van der Waals surface area contributed by atoms with E-state index < -0.39 is 0 Å². The fraction of sp³-hybridized carbons (Fsp3) is 0.357. The molecule has 1 aromatic heterocycles. The van der Waals surface area contributed by atoms with Crippen molar-refractivity contribution in [2.75, 3.05) is 5.32 Å². The Morgan fingerprint density at radius 1 is 1.30 bits per heavy atom. The molecule has 4 rings (SSSR count). The van der Waals surface area contributed by atoms with Gasteiger partial charge in [0, 0.05) is 18.0 Å². The van der Waals surface area contributed by atoms with Crippen molar-refractivity contribution in [2.24, 2.45) is 0 Å². The van der Waals surface area contributed by atoms with Crippen LogP contribution in [-0.2, 0) is 4.79 Å². The molecule has 0 bridgehead atoms. The molecule has 20 heavy (non-hydrogen) atoms. The van der Waals surface area contributed by atoms with E-state index in [1.807, 2.05) is 0 Å². The van der Waals surface area contributed by atoms with Crippen molar-refractivity contribution < 1.29 is 9.18 Å². The predicted octanol–water partition coefficient (Wildman–Crippen LogP) is 2.30. The van der Waals surface area contributed by atoms with Crippen LogP contribution < -0.4 is 5.32 Å². The van der Waals surface area contributed by atoms with Crippen molar-refractivity contribution in [3.05, 3.63) is 41.2 Å². The van der Waals surface area contributed by atoms with Crippen molar-refractivity contribution in [1.82, 2.24) is 15.2 Å². The van der Waals surface area contributed by atoms with Crippen LogP contribution in [0.2, 0.25) is 0 Å². The standard InChI is InChI=1S/C14H13FN4O/c15-8-3-4-11-9(5-8)10(6-12(20)16-11)14-17-13(18-19-14)7-1-2-7/h3-5,7,10H,1-2,6H2,(H,16,20)(H,17,18,19)/t10-/m1/s1. The van der Waals surface area contributed by atoms with Crippen LogP contribution in [0.1, 0.15) is 48.3 Å². The summed E-state index contributed by atoms with van der Waals surface area (Å²) < 4.78 is 13.5. The third-order valence-corrected chi connectivity index (χ3v) is 3.85. The second kappa shape index (κ2) is 4.13. The number of fused-ring (bicyclic) bond motifs is 1. The van der Waals surface area contributed by atoms with Gasteiger partial charge in [-0.3, -0.25) is 9.89 Å². The van der Waals surface area contributed by atoms with Crippen molar-refractivity contribution in [3.8, 4) is 0 Å². The molecular formula is C14H13FN4O.